The largest absolute Gasteiger partial charge is 0.228 e. The minimum Gasteiger partial charge on any atom is -0.228 e. The summed E-state index contributed by atoms with van der Waals surface area (Å²) in [5.41, 5.74) is 12.0. The maximum absolute atomic E-state index is 5.25. The third-order valence-corrected chi connectivity index (χ3v) is 12.3. The highest BCUT2D eigenvalue weighted by atomic mass is 14.9. The maximum atomic E-state index is 5.25. The fourth-order valence-electron chi connectivity index (χ4n) is 9.13. The zero-order valence-electron chi connectivity index (χ0n) is 34.7. The number of rotatable bonds is 7. The Bertz CT molecular complexity index is 3340. The highest BCUT2D eigenvalue weighted by Gasteiger charge is 2.18. The number of fused-ring (bicyclic) bond motifs is 4. The summed E-state index contributed by atoms with van der Waals surface area (Å²) in [6, 6.07) is 81.0. The molecule has 0 amide bonds. The second-order valence-corrected chi connectivity index (χ2v) is 16.2. The summed E-state index contributed by atoms with van der Waals surface area (Å²) in [5.74, 6) is 1.39. The lowest BCUT2D eigenvalue weighted by Crippen LogP contribution is -1.97. The molecule has 10 aromatic carbocycles. The van der Waals surface area contributed by atoms with E-state index in [1.807, 2.05) is 36.4 Å². The normalized spacial score (nSPS) is 11.4. The number of benzene rings is 10. The van der Waals surface area contributed by atoms with Crippen LogP contribution in [0.1, 0.15) is 0 Å². The van der Waals surface area contributed by atoms with Gasteiger partial charge in [0.15, 0.2) is 11.6 Å². The second-order valence-electron chi connectivity index (χ2n) is 16.2. The van der Waals surface area contributed by atoms with Crippen molar-refractivity contribution >= 4 is 43.1 Å². The van der Waals surface area contributed by atoms with Gasteiger partial charge in [-0.1, -0.05) is 206 Å². The molecule has 0 aliphatic carbocycles. The molecule has 2 aromatic heterocycles. The minimum atomic E-state index is 0.696. The van der Waals surface area contributed by atoms with Crippen LogP contribution in [0.15, 0.2) is 231 Å². The van der Waals surface area contributed by atoms with Gasteiger partial charge in [-0.05, 0) is 78.5 Å². The van der Waals surface area contributed by atoms with Crippen molar-refractivity contribution < 1.29 is 0 Å². The van der Waals surface area contributed by atoms with Crippen molar-refractivity contribution in [3.8, 4) is 78.9 Å². The van der Waals surface area contributed by atoms with Crippen LogP contribution in [0.2, 0.25) is 0 Å². The summed E-state index contributed by atoms with van der Waals surface area (Å²) >= 11 is 0. The van der Waals surface area contributed by atoms with Crippen LogP contribution in [0.4, 0.5) is 0 Å². The number of hydrogen-bond acceptors (Lipinski definition) is 4. The van der Waals surface area contributed by atoms with Gasteiger partial charge in [0.2, 0.25) is 0 Å². The zero-order valence-corrected chi connectivity index (χ0v) is 34.7. The molecule has 2 heterocycles. The summed E-state index contributed by atoms with van der Waals surface area (Å²) in [7, 11) is 0. The van der Waals surface area contributed by atoms with Crippen molar-refractivity contribution in [1.29, 1.82) is 0 Å². The van der Waals surface area contributed by atoms with Crippen LogP contribution in [0.25, 0.3) is 122 Å². The standard InChI is InChI=1S/C60H38N4/c1-3-15-43(16-4-1)59-61-53(37-55(63-59)57-49-23-11-7-19-45(49)35-46-20-8-12-24-50(46)57)41-31-27-39(28-32-41)40-29-33-42(34-30-40)54-38-56(64-60(62-54)44-17-5-2-6-18-44)58-51-25-13-9-21-47(51)36-48-22-10-14-26-52(48)58/h1-38H. The first-order valence-corrected chi connectivity index (χ1v) is 21.6. The molecule has 0 aliphatic heterocycles. The monoisotopic (exact) mass is 814 g/mol. The highest BCUT2D eigenvalue weighted by molar-refractivity contribution is 6.13. The first kappa shape index (κ1) is 37.2. The first-order valence-electron chi connectivity index (χ1n) is 21.6. The van der Waals surface area contributed by atoms with Crippen molar-refractivity contribution in [1.82, 2.24) is 19.9 Å². The first-order chi connectivity index (χ1) is 31.7. The molecule has 4 nitrogen and oxygen atoms in total. The van der Waals surface area contributed by atoms with Crippen molar-refractivity contribution in [3.05, 3.63) is 231 Å². The Morgan fingerprint density at radius 2 is 0.484 bits per heavy atom. The fraction of sp³-hybridized carbons (Fsp3) is 0. The molecule has 4 heteroatoms. The van der Waals surface area contributed by atoms with Crippen LogP contribution in [0, 0.1) is 0 Å². The van der Waals surface area contributed by atoms with Crippen LogP contribution >= 0.6 is 0 Å². The van der Waals surface area contributed by atoms with E-state index >= 15 is 0 Å². The molecular weight excluding hydrogens is 777 g/mol. The van der Waals surface area contributed by atoms with Crippen molar-refractivity contribution in [2.24, 2.45) is 0 Å². The Morgan fingerprint density at radius 3 is 0.828 bits per heavy atom. The van der Waals surface area contributed by atoms with E-state index in [0.29, 0.717) is 11.6 Å². The molecule has 298 valence electrons. The van der Waals surface area contributed by atoms with Gasteiger partial charge in [0.1, 0.15) is 0 Å². The van der Waals surface area contributed by atoms with E-state index in [2.05, 4.69) is 194 Å². The molecule has 0 radical (unpaired) electrons. The number of nitrogens with zero attached hydrogens (tertiary/aromatic N) is 4. The van der Waals surface area contributed by atoms with Crippen LogP contribution in [0.3, 0.4) is 0 Å². The smallest absolute Gasteiger partial charge is 0.160 e. The quantitative estimate of drug-likeness (QED) is 0.150. The van der Waals surface area contributed by atoms with Gasteiger partial charge in [-0.15, -0.1) is 0 Å². The van der Waals surface area contributed by atoms with E-state index in [1.165, 1.54) is 43.1 Å². The molecule has 0 spiro atoms. The van der Waals surface area contributed by atoms with Gasteiger partial charge < -0.3 is 0 Å². The zero-order chi connectivity index (χ0) is 42.4. The van der Waals surface area contributed by atoms with E-state index in [4.69, 9.17) is 19.9 Å². The molecule has 0 unspecified atom stereocenters. The molecular formula is C60H38N4. The summed E-state index contributed by atoms with van der Waals surface area (Å²) in [6.07, 6.45) is 0. The minimum absolute atomic E-state index is 0.696. The predicted molar refractivity (Wildman–Crippen MR) is 266 cm³/mol. The Hall–Kier alpha value is -8.60. The molecule has 0 aliphatic rings. The molecule has 0 fully saturated rings. The maximum Gasteiger partial charge on any atom is 0.160 e. The summed E-state index contributed by atoms with van der Waals surface area (Å²) in [5, 5.41) is 9.40. The van der Waals surface area contributed by atoms with E-state index in [-0.39, 0.29) is 0 Å². The van der Waals surface area contributed by atoms with Crippen LogP contribution < -0.4 is 0 Å². The Morgan fingerprint density at radius 1 is 0.203 bits per heavy atom. The topological polar surface area (TPSA) is 51.6 Å². The third kappa shape index (κ3) is 6.75. The molecule has 0 bridgehead atoms. The average molecular weight is 815 g/mol. The molecule has 12 aromatic rings. The van der Waals surface area contributed by atoms with Crippen molar-refractivity contribution in [2.45, 2.75) is 0 Å². The van der Waals surface area contributed by atoms with Gasteiger partial charge in [0, 0.05) is 33.4 Å². The van der Waals surface area contributed by atoms with Gasteiger partial charge >= 0.3 is 0 Å². The summed E-state index contributed by atoms with van der Waals surface area (Å²) in [6.45, 7) is 0. The third-order valence-electron chi connectivity index (χ3n) is 12.3. The van der Waals surface area contributed by atoms with E-state index < -0.39 is 0 Å². The van der Waals surface area contributed by atoms with Crippen LogP contribution in [0.5, 0.6) is 0 Å². The average Bonchev–Trinajstić information content (AvgIpc) is 3.37. The summed E-state index contributed by atoms with van der Waals surface area (Å²) in [4.78, 5) is 20.8. The Balaban J connectivity index is 0.931. The molecule has 0 atom stereocenters. The molecule has 0 N–H and O–H groups in total. The van der Waals surface area contributed by atoms with Gasteiger partial charge in [0.05, 0.1) is 22.8 Å². The lowest BCUT2D eigenvalue weighted by atomic mass is 9.93. The SMILES string of the molecule is c1ccc(-c2nc(-c3ccc(-c4ccc(-c5cc(-c6c7ccccc7cc7ccccc67)nc(-c6ccccc6)n5)cc4)cc3)cc(-c3c4ccccc4cc4ccccc34)n2)cc1. The lowest BCUT2D eigenvalue weighted by Gasteiger charge is -2.14. The van der Waals surface area contributed by atoms with Gasteiger partial charge in [-0.2, -0.15) is 0 Å². The molecule has 12 rings (SSSR count). The second kappa shape index (κ2) is 15.7. The molecule has 64 heavy (non-hydrogen) atoms. The highest BCUT2D eigenvalue weighted by Crippen LogP contribution is 2.40. The molecule has 0 saturated carbocycles. The molecule has 0 saturated heterocycles. The van der Waals surface area contributed by atoms with E-state index in [0.717, 1.165) is 67.3 Å². The van der Waals surface area contributed by atoms with Crippen molar-refractivity contribution in [3.63, 3.8) is 0 Å². The Kier molecular flexibility index (Phi) is 9.12. The summed E-state index contributed by atoms with van der Waals surface area (Å²) < 4.78 is 0. The van der Waals surface area contributed by atoms with Crippen LogP contribution in [-0.4, -0.2) is 19.9 Å². The fourth-order valence-corrected chi connectivity index (χ4v) is 9.13. The van der Waals surface area contributed by atoms with Crippen molar-refractivity contribution in [2.75, 3.05) is 0 Å². The number of hydrogen-bond donors (Lipinski definition) is 0. The van der Waals surface area contributed by atoms with E-state index in [9.17, 15) is 0 Å². The van der Waals surface area contributed by atoms with Gasteiger partial charge in [-0.25, -0.2) is 19.9 Å². The van der Waals surface area contributed by atoms with E-state index in [1.54, 1.807) is 0 Å². The predicted octanol–water partition coefficient (Wildman–Crippen LogP) is 15.5. The Labute approximate surface area is 370 Å². The number of aromatic nitrogens is 4. The van der Waals surface area contributed by atoms with Gasteiger partial charge in [0.25, 0.3) is 0 Å². The van der Waals surface area contributed by atoms with Crippen LogP contribution in [-0.2, 0) is 0 Å². The lowest BCUT2D eigenvalue weighted by molar-refractivity contribution is 1.19. The van der Waals surface area contributed by atoms with Gasteiger partial charge in [-0.3, -0.25) is 0 Å².